The highest BCUT2D eigenvalue weighted by Gasteiger charge is 2.37. The maximum Gasteiger partial charge on any atom is 0.234 e. The summed E-state index contributed by atoms with van der Waals surface area (Å²) in [4.78, 5) is 36.9. The van der Waals surface area contributed by atoms with Gasteiger partial charge in [0.25, 0.3) is 0 Å². The Morgan fingerprint density at radius 1 is 1.08 bits per heavy atom. The largest absolute Gasteiger partial charge is 0.454 e. The summed E-state index contributed by atoms with van der Waals surface area (Å²) >= 11 is 1.23. The summed E-state index contributed by atoms with van der Waals surface area (Å²) in [6.45, 7) is 1.56. The number of anilines is 2. The molecule has 2 aromatic carbocycles. The first-order valence-electron chi connectivity index (χ1n) is 11.8. The molecule has 188 valence electrons. The molecule has 2 heterocycles. The van der Waals surface area contributed by atoms with Crippen LogP contribution in [0.1, 0.15) is 37.7 Å². The number of ketones is 1. The summed E-state index contributed by atoms with van der Waals surface area (Å²) in [6.07, 6.45) is 1.86. The number of hydrogen-bond acceptors (Lipinski definition) is 8. The van der Waals surface area contributed by atoms with Crippen molar-refractivity contribution in [3.05, 3.63) is 69.9 Å². The molecular weight excluding hydrogens is 492 g/mol. The van der Waals surface area contributed by atoms with Gasteiger partial charge in [-0.1, -0.05) is 17.8 Å². The first-order valence-corrected chi connectivity index (χ1v) is 12.8. The van der Waals surface area contributed by atoms with E-state index in [1.54, 1.807) is 30.3 Å². The Hall–Kier alpha value is -4.23. The number of allylic oxidation sites excluding steroid dienone is 3. The second-order valence-corrected chi connectivity index (χ2v) is 9.78. The molecule has 2 aromatic rings. The quantitative estimate of drug-likeness (QED) is 0.522. The molecule has 0 saturated heterocycles. The molecule has 10 heteroatoms. The standard InChI is InChI=1S/C27H24N4O5S/c1-15(32)29-17-6-8-18(9-7-17)30-24(34)13-37-27-19(12-28)25(26-20(31-27)3-2-4-21(26)33)16-5-10-22-23(11-16)36-14-35-22/h5-11,25,31H,2-4,13-14H2,1H3,(H,29,32)(H,30,34)/t25-/m1/s1. The normalized spacial score (nSPS) is 18.1. The number of nitrogens with zero attached hydrogens (tertiary/aromatic N) is 1. The summed E-state index contributed by atoms with van der Waals surface area (Å²) in [5.74, 6) is 0.321. The van der Waals surface area contributed by atoms with E-state index in [2.05, 4.69) is 22.0 Å². The van der Waals surface area contributed by atoms with Crippen molar-refractivity contribution in [2.24, 2.45) is 0 Å². The molecule has 9 nitrogen and oxygen atoms in total. The fourth-order valence-corrected chi connectivity index (χ4v) is 5.50. The van der Waals surface area contributed by atoms with E-state index in [9.17, 15) is 19.6 Å². The van der Waals surface area contributed by atoms with E-state index in [1.165, 1.54) is 18.7 Å². The number of amides is 2. The lowest BCUT2D eigenvalue weighted by Crippen LogP contribution is -2.31. The predicted molar refractivity (Wildman–Crippen MR) is 139 cm³/mol. The average Bonchev–Trinajstić information content (AvgIpc) is 3.35. The number of hydrogen-bond donors (Lipinski definition) is 3. The lowest BCUT2D eigenvalue weighted by molar-refractivity contribution is -0.116. The van der Waals surface area contributed by atoms with Crippen LogP contribution < -0.4 is 25.4 Å². The molecule has 2 amide bonds. The van der Waals surface area contributed by atoms with E-state index >= 15 is 0 Å². The highest BCUT2D eigenvalue weighted by molar-refractivity contribution is 8.03. The number of benzene rings is 2. The average molecular weight is 517 g/mol. The van der Waals surface area contributed by atoms with Crippen LogP contribution in [0.4, 0.5) is 11.4 Å². The second kappa shape index (κ2) is 10.4. The van der Waals surface area contributed by atoms with Crippen molar-refractivity contribution in [2.75, 3.05) is 23.2 Å². The number of nitrogens with one attached hydrogen (secondary N) is 3. The molecule has 0 saturated carbocycles. The van der Waals surface area contributed by atoms with E-state index < -0.39 is 5.92 Å². The fourth-order valence-electron chi connectivity index (χ4n) is 4.64. The van der Waals surface area contributed by atoms with Crippen LogP contribution in [-0.4, -0.2) is 30.1 Å². The number of nitriles is 1. The van der Waals surface area contributed by atoms with E-state index in [1.807, 2.05) is 12.1 Å². The van der Waals surface area contributed by atoms with Gasteiger partial charge in [0, 0.05) is 36.0 Å². The maximum absolute atomic E-state index is 13.0. The predicted octanol–water partition coefficient (Wildman–Crippen LogP) is 4.17. The topological polar surface area (TPSA) is 130 Å². The zero-order valence-electron chi connectivity index (χ0n) is 20.1. The smallest absolute Gasteiger partial charge is 0.234 e. The third-order valence-corrected chi connectivity index (χ3v) is 7.25. The summed E-state index contributed by atoms with van der Waals surface area (Å²) in [6, 6.07) is 14.6. The van der Waals surface area contributed by atoms with Crippen molar-refractivity contribution in [1.29, 1.82) is 5.26 Å². The van der Waals surface area contributed by atoms with Crippen LogP contribution in [0.3, 0.4) is 0 Å². The lowest BCUT2D eigenvalue weighted by atomic mass is 9.77. The Bertz CT molecular complexity index is 1390. The second-order valence-electron chi connectivity index (χ2n) is 8.79. The minimum Gasteiger partial charge on any atom is -0.454 e. The highest BCUT2D eigenvalue weighted by atomic mass is 32.2. The number of Topliss-reactive ketones (excluding diaryl/α,β-unsaturated/α-hetero) is 1. The van der Waals surface area contributed by atoms with E-state index in [0.717, 1.165) is 17.7 Å². The highest BCUT2D eigenvalue weighted by Crippen LogP contribution is 2.46. The molecule has 2 aliphatic heterocycles. The number of carbonyl (C=O) groups is 3. The molecule has 0 aromatic heterocycles. The van der Waals surface area contributed by atoms with Crippen molar-refractivity contribution in [2.45, 2.75) is 32.1 Å². The van der Waals surface area contributed by atoms with Crippen molar-refractivity contribution >= 4 is 40.7 Å². The summed E-state index contributed by atoms with van der Waals surface area (Å²) in [7, 11) is 0. The van der Waals surface area contributed by atoms with Crippen LogP contribution >= 0.6 is 11.8 Å². The number of rotatable bonds is 6. The van der Waals surface area contributed by atoms with E-state index in [-0.39, 0.29) is 30.1 Å². The van der Waals surface area contributed by atoms with Crippen LogP contribution in [-0.2, 0) is 14.4 Å². The molecule has 5 rings (SSSR count). The van der Waals surface area contributed by atoms with Crippen LogP contribution in [0.15, 0.2) is 64.3 Å². The van der Waals surface area contributed by atoms with Gasteiger partial charge < -0.3 is 25.4 Å². The van der Waals surface area contributed by atoms with Crippen LogP contribution in [0.2, 0.25) is 0 Å². The number of fused-ring (bicyclic) bond motifs is 1. The van der Waals surface area contributed by atoms with Crippen LogP contribution in [0.5, 0.6) is 11.5 Å². The van der Waals surface area contributed by atoms with E-state index in [4.69, 9.17) is 9.47 Å². The molecule has 37 heavy (non-hydrogen) atoms. The molecule has 0 bridgehead atoms. The molecule has 3 N–H and O–H groups in total. The summed E-state index contributed by atoms with van der Waals surface area (Å²) < 4.78 is 11.0. The molecular formula is C27H24N4O5S. The van der Waals surface area contributed by atoms with Gasteiger partial charge >= 0.3 is 0 Å². The lowest BCUT2D eigenvalue weighted by Gasteiger charge is -2.33. The Balaban J connectivity index is 1.37. The molecule has 0 spiro atoms. The summed E-state index contributed by atoms with van der Waals surface area (Å²) in [5, 5.41) is 19.5. The molecule has 0 fully saturated rings. The fraction of sp³-hybridized carbons (Fsp3) is 0.259. The maximum atomic E-state index is 13.0. The van der Waals surface area contributed by atoms with Crippen molar-refractivity contribution in [3.63, 3.8) is 0 Å². The molecule has 0 radical (unpaired) electrons. The number of ether oxygens (including phenoxy) is 2. The monoisotopic (exact) mass is 516 g/mol. The van der Waals surface area contributed by atoms with Crippen LogP contribution in [0, 0.1) is 11.3 Å². The molecule has 0 unspecified atom stereocenters. The zero-order valence-corrected chi connectivity index (χ0v) is 20.9. The zero-order chi connectivity index (χ0) is 25.9. The van der Waals surface area contributed by atoms with Gasteiger partial charge in [0.2, 0.25) is 18.6 Å². The van der Waals surface area contributed by atoms with Gasteiger partial charge in [-0.25, -0.2) is 0 Å². The number of carbonyl (C=O) groups excluding carboxylic acids is 3. The van der Waals surface area contributed by atoms with E-state index in [0.29, 0.717) is 51.9 Å². The van der Waals surface area contributed by atoms with Gasteiger partial charge in [0.15, 0.2) is 17.3 Å². The Kier molecular flexibility index (Phi) is 6.88. The molecule has 1 aliphatic carbocycles. The minimum atomic E-state index is -0.546. The Morgan fingerprint density at radius 3 is 2.54 bits per heavy atom. The van der Waals surface area contributed by atoms with Crippen molar-refractivity contribution < 1.29 is 23.9 Å². The number of thioether (sulfide) groups is 1. The van der Waals surface area contributed by atoms with Crippen LogP contribution in [0.25, 0.3) is 0 Å². The van der Waals surface area contributed by atoms with Crippen molar-refractivity contribution in [1.82, 2.24) is 5.32 Å². The van der Waals surface area contributed by atoms with Crippen molar-refractivity contribution in [3.8, 4) is 17.6 Å². The third-order valence-electron chi connectivity index (χ3n) is 6.23. The Labute approximate surface area is 217 Å². The van der Waals surface area contributed by atoms with Gasteiger partial charge in [-0.3, -0.25) is 14.4 Å². The Morgan fingerprint density at radius 2 is 1.81 bits per heavy atom. The van der Waals surface area contributed by atoms with Gasteiger partial charge in [-0.05, 0) is 54.8 Å². The van der Waals surface area contributed by atoms with Gasteiger partial charge in [-0.15, -0.1) is 0 Å². The minimum absolute atomic E-state index is 0.0219. The first kappa shape index (κ1) is 24.5. The summed E-state index contributed by atoms with van der Waals surface area (Å²) in [5.41, 5.74) is 3.80. The van der Waals surface area contributed by atoms with Gasteiger partial charge in [0.05, 0.1) is 28.3 Å². The van der Waals surface area contributed by atoms with Gasteiger partial charge in [0.1, 0.15) is 0 Å². The first-order chi connectivity index (χ1) is 17.9. The van der Waals surface area contributed by atoms with Gasteiger partial charge in [-0.2, -0.15) is 5.26 Å². The SMILES string of the molecule is CC(=O)Nc1ccc(NC(=O)CSC2=C(C#N)[C@@H](c3ccc4c(c3)OCO4)C3=C(CCCC3=O)N2)cc1. The molecule has 1 atom stereocenters. The number of dihydropyridines is 1. The molecule has 3 aliphatic rings. The third kappa shape index (κ3) is 5.17.